The standard InChI is InChI=1S/C15H21FN2O2/c1-20-15(19)11-4-6-18(7-5-11)10-13-8-14(16)3-2-12(13)9-17/h2-3,8,11H,4-7,9-10,17H2,1H3. The van der Waals surface area contributed by atoms with Crippen LogP contribution in [-0.2, 0) is 22.6 Å². The van der Waals surface area contributed by atoms with E-state index in [-0.39, 0.29) is 17.7 Å². The quantitative estimate of drug-likeness (QED) is 0.852. The van der Waals surface area contributed by atoms with Gasteiger partial charge in [-0.2, -0.15) is 0 Å². The van der Waals surface area contributed by atoms with Crippen LogP contribution >= 0.6 is 0 Å². The maximum absolute atomic E-state index is 13.3. The normalized spacial score (nSPS) is 17.1. The molecule has 1 aromatic carbocycles. The summed E-state index contributed by atoms with van der Waals surface area (Å²) in [6.07, 6.45) is 1.58. The Balaban J connectivity index is 1.96. The molecule has 4 nitrogen and oxygen atoms in total. The fourth-order valence-corrected chi connectivity index (χ4v) is 2.68. The van der Waals surface area contributed by atoms with Crippen LogP contribution in [0, 0.1) is 11.7 Å². The molecule has 0 aromatic heterocycles. The van der Waals surface area contributed by atoms with Crippen molar-refractivity contribution in [1.82, 2.24) is 4.90 Å². The Morgan fingerprint density at radius 1 is 1.40 bits per heavy atom. The average Bonchev–Trinajstić information content (AvgIpc) is 2.47. The van der Waals surface area contributed by atoms with E-state index >= 15 is 0 Å². The molecule has 0 saturated carbocycles. The SMILES string of the molecule is COC(=O)C1CCN(Cc2cc(F)ccc2CN)CC1. The van der Waals surface area contributed by atoms with Crippen LogP contribution in [0.1, 0.15) is 24.0 Å². The molecule has 1 heterocycles. The van der Waals surface area contributed by atoms with Gasteiger partial charge in [-0.15, -0.1) is 0 Å². The van der Waals surface area contributed by atoms with E-state index in [0.717, 1.165) is 37.1 Å². The van der Waals surface area contributed by atoms with Gasteiger partial charge in [-0.1, -0.05) is 6.07 Å². The first-order valence-corrected chi connectivity index (χ1v) is 6.91. The van der Waals surface area contributed by atoms with Crippen LogP contribution in [0.25, 0.3) is 0 Å². The van der Waals surface area contributed by atoms with Gasteiger partial charge in [0.2, 0.25) is 0 Å². The molecule has 0 bridgehead atoms. The molecular formula is C15H21FN2O2. The van der Waals surface area contributed by atoms with E-state index in [9.17, 15) is 9.18 Å². The topological polar surface area (TPSA) is 55.6 Å². The van der Waals surface area contributed by atoms with Gasteiger partial charge in [0.15, 0.2) is 0 Å². The second-order valence-electron chi connectivity index (χ2n) is 5.19. The molecule has 0 amide bonds. The second-order valence-corrected chi connectivity index (χ2v) is 5.19. The zero-order chi connectivity index (χ0) is 14.5. The summed E-state index contributed by atoms with van der Waals surface area (Å²) in [5.74, 6) is -0.363. The minimum absolute atomic E-state index is 0.00209. The van der Waals surface area contributed by atoms with Crippen molar-refractivity contribution in [2.45, 2.75) is 25.9 Å². The first kappa shape index (κ1) is 14.9. The number of halogens is 1. The van der Waals surface area contributed by atoms with Gasteiger partial charge in [-0.3, -0.25) is 9.69 Å². The molecule has 0 unspecified atom stereocenters. The Bertz CT molecular complexity index is 471. The number of esters is 1. The molecule has 1 aliphatic heterocycles. The van der Waals surface area contributed by atoms with Crippen LogP contribution in [0.2, 0.25) is 0 Å². The molecule has 1 aliphatic rings. The van der Waals surface area contributed by atoms with E-state index in [4.69, 9.17) is 10.5 Å². The Morgan fingerprint density at radius 2 is 2.10 bits per heavy atom. The summed E-state index contributed by atoms with van der Waals surface area (Å²) in [4.78, 5) is 13.7. The third-order valence-electron chi connectivity index (χ3n) is 3.90. The highest BCUT2D eigenvalue weighted by molar-refractivity contribution is 5.72. The van der Waals surface area contributed by atoms with Crippen LogP contribution in [-0.4, -0.2) is 31.1 Å². The number of hydrogen-bond donors (Lipinski definition) is 1. The predicted octanol–water partition coefficient (Wildman–Crippen LogP) is 1.67. The largest absolute Gasteiger partial charge is 0.469 e. The minimum Gasteiger partial charge on any atom is -0.469 e. The fourth-order valence-electron chi connectivity index (χ4n) is 2.68. The fraction of sp³-hybridized carbons (Fsp3) is 0.533. The van der Waals surface area contributed by atoms with Crippen LogP contribution in [0.3, 0.4) is 0 Å². The Hall–Kier alpha value is -1.46. The number of methoxy groups -OCH3 is 1. The van der Waals surface area contributed by atoms with Crippen molar-refractivity contribution in [3.63, 3.8) is 0 Å². The number of hydrogen-bond acceptors (Lipinski definition) is 4. The lowest BCUT2D eigenvalue weighted by Crippen LogP contribution is -2.36. The zero-order valence-corrected chi connectivity index (χ0v) is 11.8. The van der Waals surface area contributed by atoms with Gasteiger partial charge in [-0.25, -0.2) is 4.39 Å². The summed E-state index contributed by atoms with van der Waals surface area (Å²) in [5, 5.41) is 0. The number of benzene rings is 1. The molecule has 20 heavy (non-hydrogen) atoms. The lowest BCUT2D eigenvalue weighted by atomic mass is 9.96. The number of likely N-dealkylation sites (tertiary alicyclic amines) is 1. The Labute approximate surface area is 118 Å². The Morgan fingerprint density at radius 3 is 2.70 bits per heavy atom. The van der Waals surface area contributed by atoms with Crippen molar-refractivity contribution in [3.05, 3.63) is 35.1 Å². The van der Waals surface area contributed by atoms with Crippen LogP contribution < -0.4 is 5.73 Å². The van der Waals surface area contributed by atoms with Crippen LogP contribution in [0.5, 0.6) is 0 Å². The van der Waals surface area contributed by atoms with E-state index in [1.54, 1.807) is 12.1 Å². The third kappa shape index (κ3) is 3.55. The summed E-state index contributed by atoms with van der Waals surface area (Å²) < 4.78 is 18.1. The highest BCUT2D eigenvalue weighted by Crippen LogP contribution is 2.21. The zero-order valence-electron chi connectivity index (χ0n) is 11.8. The molecule has 0 atom stereocenters. The first-order valence-electron chi connectivity index (χ1n) is 6.91. The van der Waals surface area contributed by atoms with E-state index in [0.29, 0.717) is 13.1 Å². The van der Waals surface area contributed by atoms with Gasteiger partial charge in [0.25, 0.3) is 0 Å². The van der Waals surface area contributed by atoms with Gasteiger partial charge in [0.05, 0.1) is 13.0 Å². The predicted molar refractivity (Wildman–Crippen MR) is 74.3 cm³/mol. The van der Waals surface area contributed by atoms with Crippen molar-refractivity contribution in [3.8, 4) is 0 Å². The van der Waals surface area contributed by atoms with Gasteiger partial charge in [0, 0.05) is 13.1 Å². The van der Waals surface area contributed by atoms with Crippen molar-refractivity contribution in [2.24, 2.45) is 11.7 Å². The first-order chi connectivity index (χ1) is 9.63. The smallest absolute Gasteiger partial charge is 0.308 e. The second kappa shape index (κ2) is 6.81. The maximum Gasteiger partial charge on any atom is 0.308 e. The molecule has 2 rings (SSSR count). The highest BCUT2D eigenvalue weighted by Gasteiger charge is 2.25. The summed E-state index contributed by atoms with van der Waals surface area (Å²) in [6, 6.07) is 4.73. The van der Waals surface area contributed by atoms with E-state index in [1.807, 2.05) is 0 Å². The van der Waals surface area contributed by atoms with Gasteiger partial charge in [-0.05, 0) is 49.2 Å². The van der Waals surface area contributed by atoms with Crippen molar-refractivity contribution in [2.75, 3.05) is 20.2 Å². The number of carbonyl (C=O) groups is 1. The number of rotatable bonds is 4. The van der Waals surface area contributed by atoms with Crippen LogP contribution in [0.15, 0.2) is 18.2 Å². The summed E-state index contributed by atoms with van der Waals surface area (Å²) in [6.45, 7) is 2.73. The number of nitrogens with two attached hydrogens (primary N) is 1. The van der Waals surface area contributed by atoms with Gasteiger partial charge >= 0.3 is 5.97 Å². The molecule has 0 spiro atoms. The molecule has 1 saturated heterocycles. The van der Waals surface area contributed by atoms with E-state index < -0.39 is 0 Å². The molecule has 0 radical (unpaired) electrons. The molecular weight excluding hydrogens is 259 g/mol. The molecule has 2 N–H and O–H groups in total. The van der Waals surface area contributed by atoms with Crippen molar-refractivity contribution in [1.29, 1.82) is 0 Å². The lowest BCUT2D eigenvalue weighted by Gasteiger charge is -2.31. The van der Waals surface area contributed by atoms with Crippen molar-refractivity contribution >= 4 is 5.97 Å². The summed E-state index contributed by atoms with van der Waals surface area (Å²) in [7, 11) is 1.43. The van der Waals surface area contributed by atoms with Gasteiger partial charge < -0.3 is 10.5 Å². The lowest BCUT2D eigenvalue weighted by molar-refractivity contribution is -0.147. The van der Waals surface area contributed by atoms with Gasteiger partial charge in [0.1, 0.15) is 5.82 Å². The van der Waals surface area contributed by atoms with Crippen LogP contribution in [0.4, 0.5) is 4.39 Å². The minimum atomic E-state index is -0.235. The number of ether oxygens (including phenoxy) is 1. The number of piperidine rings is 1. The summed E-state index contributed by atoms with van der Waals surface area (Å²) in [5.41, 5.74) is 7.59. The molecule has 0 aliphatic carbocycles. The molecule has 5 heteroatoms. The molecule has 1 fully saturated rings. The van der Waals surface area contributed by atoms with E-state index in [2.05, 4.69) is 4.90 Å². The molecule has 110 valence electrons. The number of nitrogens with zero attached hydrogens (tertiary/aromatic N) is 1. The Kier molecular flexibility index (Phi) is 5.09. The third-order valence-corrected chi connectivity index (χ3v) is 3.90. The highest BCUT2D eigenvalue weighted by atomic mass is 19.1. The number of carbonyl (C=O) groups excluding carboxylic acids is 1. The average molecular weight is 280 g/mol. The van der Waals surface area contributed by atoms with E-state index in [1.165, 1.54) is 13.2 Å². The molecule has 1 aromatic rings. The summed E-state index contributed by atoms with van der Waals surface area (Å²) >= 11 is 0. The van der Waals surface area contributed by atoms with Crippen molar-refractivity contribution < 1.29 is 13.9 Å². The maximum atomic E-state index is 13.3. The monoisotopic (exact) mass is 280 g/mol.